The third kappa shape index (κ3) is 3.29. The van der Waals surface area contributed by atoms with Crippen LogP contribution in [-0.2, 0) is 0 Å². The first-order valence-corrected chi connectivity index (χ1v) is 10.5. The SMILES string of the molecule is Cc1ccc(-c2nc(-n3c(-c4ccccc4)csc3=O)c(-c3ccccc3)o2)cc1. The molecule has 146 valence electrons. The standard InChI is InChI=1S/C25H18N2O2S/c1-17-12-14-20(15-13-17)24-26-23(22(29-24)19-10-6-3-7-11-19)27-21(16-30-25(27)28)18-8-4-2-5-9-18/h2-16H,1H3. The van der Waals surface area contributed by atoms with Crippen LogP contribution in [0, 0.1) is 6.92 Å². The van der Waals surface area contributed by atoms with Crippen molar-refractivity contribution < 1.29 is 4.42 Å². The van der Waals surface area contributed by atoms with E-state index in [2.05, 4.69) is 0 Å². The smallest absolute Gasteiger partial charge is 0.313 e. The van der Waals surface area contributed by atoms with Crippen molar-refractivity contribution in [1.29, 1.82) is 0 Å². The van der Waals surface area contributed by atoms with E-state index in [1.54, 1.807) is 4.57 Å². The molecular weight excluding hydrogens is 392 g/mol. The molecule has 0 aliphatic rings. The normalized spacial score (nSPS) is 11.0. The van der Waals surface area contributed by atoms with Crippen molar-refractivity contribution in [2.45, 2.75) is 6.92 Å². The number of aryl methyl sites for hydroxylation is 1. The van der Waals surface area contributed by atoms with Crippen molar-refractivity contribution in [2.75, 3.05) is 0 Å². The predicted molar refractivity (Wildman–Crippen MR) is 121 cm³/mol. The van der Waals surface area contributed by atoms with Gasteiger partial charge in [0, 0.05) is 16.5 Å². The van der Waals surface area contributed by atoms with Gasteiger partial charge in [0.25, 0.3) is 0 Å². The monoisotopic (exact) mass is 410 g/mol. The lowest BCUT2D eigenvalue weighted by atomic mass is 10.1. The number of thiazole rings is 1. The van der Waals surface area contributed by atoms with Gasteiger partial charge in [-0.25, -0.2) is 4.57 Å². The average molecular weight is 410 g/mol. The molecule has 0 aliphatic heterocycles. The molecule has 0 unspecified atom stereocenters. The predicted octanol–water partition coefficient (Wildman–Crippen LogP) is 6.20. The first-order chi connectivity index (χ1) is 14.7. The van der Waals surface area contributed by atoms with Gasteiger partial charge in [-0.3, -0.25) is 4.79 Å². The molecule has 2 aromatic heterocycles. The highest BCUT2D eigenvalue weighted by atomic mass is 32.1. The zero-order chi connectivity index (χ0) is 20.5. The van der Waals surface area contributed by atoms with Gasteiger partial charge in [-0.2, -0.15) is 4.98 Å². The summed E-state index contributed by atoms with van der Waals surface area (Å²) >= 11 is 1.16. The second-order valence-corrected chi connectivity index (χ2v) is 7.81. The molecule has 5 rings (SSSR count). The van der Waals surface area contributed by atoms with Crippen LogP contribution < -0.4 is 4.87 Å². The number of aromatic nitrogens is 2. The fraction of sp³-hybridized carbons (Fsp3) is 0.0400. The first-order valence-electron chi connectivity index (χ1n) is 9.60. The van der Waals surface area contributed by atoms with Crippen LogP contribution in [0.3, 0.4) is 0 Å². The van der Waals surface area contributed by atoms with Gasteiger partial charge in [0.15, 0.2) is 11.6 Å². The highest BCUT2D eigenvalue weighted by Gasteiger charge is 2.22. The summed E-state index contributed by atoms with van der Waals surface area (Å²) in [6.07, 6.45) is 0. The second kappa shape index (κ2) is 7.61. The van der Waals surface area contributed by atoms with Crippen molar-refractivity contribution in [3.63, 3.8) is 0 Å². The lowest BCUT2D eigenvalue weighted by molar-refractivity contribution is 0.588. The van der Waals surface area contributed by atoms with Crippen molar-refractivity contribution >= 4 is 11.3 Å². The van der Waals surface area contributed by atoms with Crippen LogP contribution in [0.5, 0.6) is 0 Å². The molecule has 0 N–H and O–H groups in total. The molecular formula is C25H18N2O2S. The minimum atomic E-state index is -0.102. The van der Waals surface area contributed by atoms with E-state index in [9.17, 15) is 4.79 Å². The van der Waals surface area contributed by atoms with E-state index in [1.807, 2.05) is 97.2 Å². The number of oxazole rings is 1. The summed E-state index contributed by atoms with van der Waals surface area (Å²) < 4.78 is 7.87. The number of benzene rings is 3. The molecule has 0 saturated carbocycles. The molecule has 4 nitrogen and oxygen atoms in total. The number of rotatable bonds is 4. The van der Waals surface area contributed by atoms with Gasteiger partial charge >= 0.3 is 4.87 Å². The van der Waals surface area contributed by atoms with Crippen LogP contribution >= 0.6 is 11.3 Å². The Morgan fingerprint density at radius 1 is 0.800 bits per heavy atom. The maximum Gasteiger partial charge on any atom is 0.313 e. The molecule has 3 aromatic carbocycles. The summed E-state index contributed by atoms with van der Waals surface area (Å²) in [5.41, 5.74) is 4.65. The molecule has 5 heteroatoms. The summed E-state index contributed by atoms with van der Waals surface area (Å²) in [4.78, 5) is 17.6. The Kier molecular flexibility index (Phi) is 4.65. The lowest BCUT2D eigenvalue weighted by Crippen LogP contribution is -2.13. The van der Waals surface area contributed by atoms with Crippen molar-refractivity contribution in [2.24, 2.45) is 0 Å². The molecule has 0 saturated heterocycles. The Labute approximate surface area is 177 Å². The lowest BCUT2D eigenvalue weighted by Gasteiger charge is -2.06. The average Bonchev–Trinajstić information content (AvgIpc) is 3.39. The highest BCUT2D eigenvalue weighted by molar-refractivity contribution is 7.07. The summed E-state index contributed by atoms with van der Waals surface area (Å²) in [5, 5.41) is 1.87. The molecule has 0 spiro atoms. The molecule has 0 bridgehead atoms. The molecule has 0 aliphatic carbocycles. The summed E-state index contributed by atoms with van der Waals surface area (Å²) in [6.45, 7) is 2.04. The second-order valence-electron chi connectivity index (χ2n) is 6.99. The number of nitrogens with zero attached hydrogens (tertiary/aromatic N) is 2. The van der Waals surface area contributed by atoms with Gasteiger partial charge in [-0.1, -0.05) is 89.7 Å². The minimum Gasteiger partial charge on any atom is -0.434 e. The maximum absolute atomic E-state index is 12.9. The minimum absolute atomic E-state index is 0.102. The fourth-order valence-corrected chi connectivity index (χ4v) is 4.12. The molecule has 0 atom stereocenters. The Balaban J connectivity index is 1.76. The van der Waals surface area contributed by atoms with Gasteiger partial charge in [0.05, 0.1) is 5.69 Å². The van der Waals surface area contributed by atoms with Gasteiger partial charge < -0.3 is 4.42 Å². The van der Waals surface area contributed by atoms with E-state index < -0.39 is 0 Å². The third-order valence-electron chi connectivity index (χ3n) is 4.92. The van der Waals surface area contributed by atoms with E-state index >= 15 is 0 Å². The summed E-state index contributed by atoms with van der Waals surface area (Å²) in [7, 11) is 0. The summed E-state index contributed by atoms with van der Waals surface area (Å²) in [6, 6.07) is 27.6. The van der Waals surface area contributed by atoms with Gasteiger partial charge in [-0.15, -0.1) is 0 Å². The van der Waals surface area contributed by atoms with Crippen molar-refractivity contribution in [1.82, 2.24) is 9.55 Å². The first kappa shape index (κ1) is 18.3. The highest BCUT2D eigenvalue weighted by Crippen LogP contribution is 2.34. The van der Waals surface area contributed by atoms with Gasteiger partial charge in [0.1, 0.15) is 0 Å². The quantitative estimate of drug-likeness (QED) is 0.355. The summed E-state index contributed by atoms with van der Waals surface area (Å²) in [5.74, 6) is 1.56. The fourth-order valence-electron chi connectivity index (χ4n) is 3.38. The Bertz CT molecular complexity index is 1350. The number of hydrogen-bond donors (Lipinski definition) is 0. The Morgan fingerprint density at radius 2 is 1.43 bits per heavy atom. The van der Waals surface area contributed by atoms with Crippen LogP contribution in [-0.4, -0.2) is 9.55 Å². The van der Waals surface area contributed by atoms with E-state index in [0.717, 1.165) is 39.3 Å². The molecule has 0 amide bonds. The van der Waals surface area contributed by atoms with E-state index in [1.165, 1.54) is 0 Å². The molecule has 5 aromatic rings. The van der Waals surface area contributed by atoms with Gasteiger partial charge in [-0.05, 0) is 24.6 Å². The third-order valence-corrected chi connectivity index (χ3v) is 5.65. The van der Waals surface area contributed by atoms with E-state index in [0.29, 0.717) is 17.5 Å². The Morgan fingerprint density at radius 3 is 2.10 bits per heavy atom. The zero-order valence-electron chi connectivity index (χ0n) is 16.3. The van der Waals surface area contributed by atoms with Crippen molar-refractivity contribution in [3.05, 3.63) is 106 Å². The van der Waals surface area contributed by atoms with Crippen molar-refractivity contribution in [3.8, 4) is 39.9 Å². The van der Waals surface area contributed by atoms with Crippen LogP contribution in [0.25, 0.3) is 39.9 Å². The van der Waals surface area contributed by atoms with Crippen LogP contribution in [0.15, 0.2) is 99.5 Å². The largest absolute Gasteiger partial charge is 0.434 e. The molecule has 2 heterocycles. The maximum atomic E-state index is 12.9. The number of hydrogen-bond acceptors (Lipinski definition) is 4. The molecule has 0 fully saturated rings. The Hall–Kier alpha value is -3.70. The zero-order valence-corrected chi connectivity index (χ0v) is 17.1. The van der Waals surface area contributed by atoms with Crippen LogP contribution in [0.4, 0.5) is 0 Å². The van der Waals surface area contributed by atoms with E-state index in [4.69, 9.17) is 9.40 Å². The van der Waals surface area contributed by atoms with Crippen LogP contribution in [0.2, 0.25) is 0 Å². The molecule has 30 heavy (non-hydrogen) atoms. The van der Waals surface area contributed by atoms with Crippen LogP contribution in [0.1, 0.15) is 5.56 Å². The van der Waals surface area contributed by atoms with Gasteiger partial charge in [0.2, 0.25) is 5.89 Å². The molecule has 0 radical (unpaired) electrons. The topological polar surface area (TPSA) is 48.0 Å². The van der Waals surface area contributed by atoms with E-state index in [-0.39, 0.29) is 4.87 Å².